The smallest absolute Gasteiger partial charge is 0.304 e. The van der Waals surface area contributed by atoms with E-state index in [0.717, 1.165) is 30.2 Å². The number of rotatable bonds is 4. The second-order valence-corrected chi connectivity index (χ2v) is 7.12. The summed E-state index contributed by atoms with van der Waals surface area (Å²) >= 11 is 0.899. The molecular formula is C9H13N3O4S2. The molecule has 0 bridgehead atoms. The van der Waals surface area contributed by atoms with E-state index in [0.29, 0.717) is 13.1 Å². The van der Waals surface area contributed by atoms with Gasteiger partial charge in [-0.15, -0.1) is 0 Å². The first kappa shape index (κ1) is 13.2. The lowest BCUT2D eigenvalue weighted by Gasteiger charge is -2.13. The van der Waals surface area contributed by atoms with Gasteiger partial charge in [-0.1, -0.05) is 11.3 Å². The number of sulfonamides is 1. The van der Waals surface area contributed by atoms with Crippen LogP contribution < -0.4 is 5.32 Å². The lowest BCUT2D eigenvalue weighted by molar-refractivity contribution is -0.383. The summed E-state index contributed by atoms with van der Waals surface area (Å²) < 4.78 is 25.9. The second kappa shape index (κ2) is 4.82. The normalized spacial score (nSPS) is 16.9. The zero-order valence-electron chi connectivity index (χ0n) is 9.75. The zero-order valence-corrected chi connectivity index (χ0v) is 11.4. The Labute approximate surface area is 109 Å². The van der Waals surface area contributed by atoms with Crippen molar-refractivity contribution in [3.63, 3.8) is 0 Å². The summed E-state index contributed by atoms with van der Waals surface area (Å²) in [5.41, 5.74) is -0.194. The molecular weight excluding hydrogens is 278 g/mol. The fourth-order valence-corrected chi connectivity index (χ4v) is 4.81. The lowest BCUT2D eigenvalue weighted by atomic mass is 10.4. The predicted octanol–water partition coefficient (Wildman–Crippen LogP) is 1.48. The van der Waals surface area contributed by atoms with Gasteiger partial charge in [0.1, 0.15) is 4.21 Å². The summed E-state index contributed by atoms with van der Waals surface area (Å²) in [6, 6.07) is 1.13. The van der Waals surface area contributed by atoms with Gasteiger partial charge in [-0.3, -0.25) is 10.1 Å². The standard InChI is InChI=1S/C9H13N3O4S2/c1-10-9-7(12(13)14)6-8(17-9)18(15,16)11-4-2-3-5-11/h6,10H,2-5H2,1H3. The Hall–Kier alpha value is -1.19. The first-order valence-corrected chi connectivity index (χ1v) is 7.68. The molecule has 1 aliphatic rings. The Morgan fingerprint density at radius 1 is 1.44 bits per heavy atom. The molecule has 0 aliphatic carbocycles. The second-order valence-electron chi connectivity index (χ2n) is 3.90. The molecule has 0 radical (unpaired) electrons. The molecule has 0 unspecified atom stereocenters. The molecule has 100 valence electrons. The van der Waals surface area contributed by atoms with Crippen molar-refractivity contribution in [1.82, 2.24) is 4.31 Å². The van der Waals surface area contributed by atoms with Crippen molar-refractivity contribution in [1.29, 1.82) is 0 Å². The molecule has 0 aromatic carbocycles. The van der Waals surface area contributed by atoms with Crippen molar-refractivity contribution in [2.75, 3.05) is 25.5 Å². The van der Waals surface area contributed by atoms with E-state index in [-0.39, 0.29) is 14.9 Å². The van der Waals surface area contributed by atoms with Gasteiger partial charge in [0.2, 0.25) is 0 Å². The summed E-state index contributed by atoms with van der Waals surface area (Å²) in [6.07, 6.45) is 1.68. The Kier molecular flexibility index (Phi) is 3.55. The van der Waals surface area contributed by atoms with Crippen molar-refractivity contribution >= 4 is 32.0 Å². The van der Waals surface area contributed by atoms with Crippen LogP contribution in [0.2, 0.25) is 0 Å². The van der Waals surface area contributed by atoms with E-state index in [2.05, 4.69) is 5.32 Å². The summed E-state index contributed by atoms with van der Waals surface area (Å²) in [4.78, 5) is 10.2. The maximum absolute atomic E-state index is 12.2. The van der Waals surface area contributed by atoms with Crippen molar-refractivity contribution in [3.05, 3.63) is 16.2 Å². The minimum absolute atomic E-state index is 0.0282. The number of nitrogens with zero attached hydrogens (tertiary/aromatic N) is 2. The zero-order chi connectivity index (χ0) is 13.3. The Balaban J connectivity index is 2.42. The number of nitro groups is 1. The Bertz CT molecular complexity index is 560. The quantitative estimate of drug-likeness (QED) is 0.670. The van der Waals surface area contributed by atoms with Gasteiger partial charge in [0.15, 0.2) is 5.00 Å². The van der Waals surface area contributed by atoms with Gasteiger partial charge in [0.05, 0.1) is 4.92 Å². The maximum Gasteiger partial charge on any atom is 0.304 e. The van der Waals surface area contributed by atoms with E-state index in [9.17, 15) is 18.5 Å². The first-order chi connectivity index (χ1) is 8.46. The average Bonchev–Trinajstić information content (AvgIpc) is 2.98. The Morgan fingerprint density at radius 3 is 2.50 bits per heavy atom. The molecule has 0 spiro atoms. The maximum atomic E-state index is 12.2. The molecule has 1 fully saturated rings. The predicted molar refractivity (Wildman–Crippen MR) is 68.5 cm³/mol. The van der Waals surface area contributed by atoms with E-state index >= 15 is 0 Å². The summed E-state index contributed by atoms with van der Waals surface area (Å²) in [6.45, 7) is 0.978. The topological polar surface area (TPSA) is 92.6 Å². The molecule has 2 rings (SSSR count). The van der Waals surface area contributed by atoms with Crippen LogP contribution in [0.25, 0.3) is 0 Å². The fraction of sp³-hybridized carbons (Fsp3) is 0.556. The van der Waals surface area contributed by atoms with Crippen LogP contribution in [0, 0.1) is 10.1 Å². The van der Waals surface area contributed by atoms with E-state index < -0.39 is 14.9 Å². The molecule has 1 N–H and O–H groups in total. The van der Waals surface area contributed by atoms with E-state index in [4.69, 9.17) is 0 Å². The van der Waals surface area contributed by atoms with Gasteiger partial charge in [-0.25, -0.2) is 8.42 Å². The van der Waals surface area contributed by atoms with Gasteiger partial charge in [-0.2, -0.15) is 4.31 Å². The molecule has 9 heteroatoms. The van der Waals surface area contributed by atoms with Crippen molar-refractivity contribution in [2.24, 2.45) is 0 Å². The molecule has 0 amide bonds. The molecule has 18 heavy (non-hydrogen) atoms. The van der Waals surface area contributed by atoms with Crippen LogP contribution in [-0.4, -0.2) is 37.8 Å². The summed E-state index contributed by atoms with van der Waals surface area (Å²) in [5, 5.41) is 13.7. The third-order valence-electron chi connectivity index (χ3n) is 2.77. The highest BCUT2D eigenvalue weighted by Gasteiger charge is 2.32. The first-order valence-electron chi connectivity index (χ1n) is 5.43. The number of hydrogen-bond acceptors (Lipinski definition) is 6. The number of hydrogen-bond donors (Lipinski definition) is 1. The van der Waals surface area contributed by atoms with Gasteiger partial charge in [-0.05, 0) is 12.8 Å². The number of nitrogens with one attached hydrogen (secondary N) is 1. The lowest BCUT2D eigenvalue weighted by Crippen LogP contribution is -2.27. The third-order valence-corrected chi connectivity index (χ3v) is 6.26. The third kappa shape index (κ3) is 2.20. The van der Waals surface area contributed by atoms with E-state index in [1.807, 2.05) is 0 Å². The molecule has 2 heterocycles. The van der Waals surface area contributed by atoms with Crippen LogP contribution >= 0.6 is 11.3 Å². The van der Waals surface area contributed by atoms with Crippen LogP contribution in [0.4, 0.5) is 10.7 Å². The van der Waals surface area contributed by atoms with Crippen molar-refractivity contribution < 1.29 is 13.3 Å². The van der Waals surface area contributed by atoms with Crippen molar-refractivity contribution in [2.45, 2.75) is 17.1 Å². The van der Waals surface area contributed by atoms with Crippen molar-refractivity contribution in [3.8, 4) is 0 Å². The Morgan fingerprint density at radius 2 is 2.06 bits per heavy atom. The highest BCUT2D eigenvalue weighted by Crippen LogP contribution is 2.38. The van der Waals surface area contributed by atoms with Crippen LogP contribution in [0.1, 0.15) is 12.8 Å². The molecule has 1 aromatic heterocycles. The minimum atomic E-state index is -3.58. The number of thiophene rings is 1. The average molecular weight is 291 g/mol. The molecule has 1 aromatic rings. The fourth-order valence-electron chi connectivity index (χ4n) is 1.86. The SMILES string of the molecule is CNc1sc(S(=O)(=O)N2CCCC2)cc1[N+](=O)[O-]. The molecule has 0 saturated carbocycles. The molecule has 1 aliphatic heterocycles. The van der Waals surface area contributed by atoms with E-state index in [1.54, 1.807) is 0 Å². The molecule has 1 saturated heterocycles. The molecule has 7 nitrogen and oxygen atoms in total. The van der Waals surface area contributed by atoms with Gasteiger partial charge >= 0.3 is 5.69 Å². The highest BCUT2D eigenvalue weighted by molar-refractivity contribution is 7.91. The van der Waals surface area contributed by atoms with Crippen LogP contribution in [-0.2, 0) is 10.0 Å². The number of anilines is 1. The monoisotopic (exact) mass is 291 g/mol. The van der Waals surface area contributed by atoms with Crippen LogP contribution in [0.15, 0.2) is 10.3 Å². The van der Waals surface area contributed by atoms with Crippen LogP contribution in [0.5, 0.6) is 0 Å². The molecule has 0 atom stereocenters. The van der Waals surface area contributed by atoms with Crippen LogP contribution in [0.3, 0.4) is 0 Å². The highest BCUT2D eigenvalue weighted by atomic mass is 32.2. The summed E-state index contributed by atoms with van der Waals surface area (Å²) in [5.74, 6) is 0. The van der Waals surface area contributed by atoms with E-state index in [1.165, 1.54) is 11.4 Å². The van der Waals surface area contributed by atoms with Gasteiger partial charge in [0.25, 0.3) is 10.0 Å². The van der Waals surface area contributed by atoms with Gasteiger partial charge < -0.3 is 5.32 Å². The van der Waals surface area contributed by atoms with Gasteiger partial charge in [0, 0.05) is 26.2 Å². The minimum Gasteiger partial charge on any atom is -0.374 e. The summed E-state index contributed by atoms with van der Waals surface area (Å²) in [7, 11) is -2.04. The largest absolute Gasteiger partial charge is 0.374 e.